The summed E-state index contributed by atoms with van der Waals surface area (Å²) in [6.07, 6.45) is -9.40. The fraction of sp³-hybridized carbons (Fsp3) is 0.833. The van der Waals surface area contributed by atoms with E-state index in [9.17, 15) is 31.8 Å². The molecule has 12 nitrogen and oxygen atoms in total. The Kier molecular flexibility index (Phi) is 7.08. The van der Waals surface area contributed by atoms with E-state index in [2.05, 4.69) is 8.37 Å². The van der Waals surface area contributed by atoms with Crippen LogP contribution in [0.25, 0.3) is 0 Å². The van der Waals surface area contributed by atoms with Gasteiger partial charge in [-0.1, -0.05) is 0 Å². The average molecular weight is 340 g/mol. The standard InChI is InChI=1S/C6H12O12S2/c7-1-3(8)6(18-20(14,15)16)5(10)4(9)2-17-19(11,12)13/h1,3-6,8-10H,2H2,(H,11,12,13)(H,14,15,16)/t3-,4+,5+,6+/m0/s1. The minimum absolute atomic E-state index is 0.268. The van der Waals surface area contributed by atoms with Gasteiger partial charge in [-0.05, 0) is 0 Å². The minimum Gasteiger partial charge on any atom is -0.388 e. The lowest BCUT2D eigenvalue weighted by Crippen LogP contribution is -2.49. The monoisotopic (exact) mass is 340 g/mol. The van der Waals surface area contributed by atoms with Crippen LogP contribution < -0.4 is 0 Å². The Labute approximate surface area is 113 Å². The quantitative estimate of drug-likeness (QED) is 0.203. The van der Waals surface area contributed by atoms with E-state index < -0.39 is 51.8 Å². The fourth-order valence-electron chi connectivity index (χ4n) is 1.01. The number of aliphatic hydroxyl groups is 3. The van der Waals surface area contributed by atoms with Gasteiger partial charge < -0.3 is 20.1 Å². The molecule has 0 heterocycles. The summed E-state index contributed by atoms with van der Waals surface area (Å²) in [5, 5.41) is 27.8. The normalized spacial score (nSPS) is 19.1. The summed E-state index contributed by atoms with van der Waals surface area (Å²) < 4.78 is 65.4. The van der Waals surface area contributed by atoms with Crippen LogP contribution >= 0.6 is 0 Å². The minimum atomic E-state index is -5.20. The van der Waals surface area contributed by atoms with Crippen molar-refractivity contribution in [2.75, 3.05) is 6.61 Å². The maximum absolute atomic E-state index is 10.5. The highest BCUT2D eigenvalue weighted by atomic mass is 32.3. The van der Waals surface area contributed by atoms with Crippen LogP contribution in [-0.4, -0.2) is 78.6 Å². The van der Waals surface area contributed by atoms with Gasteiger partial charge in [-0.25, -0.2) is 8.37 Å². The Hall–Kier alpha value is -0.710. The van der Waals surface area contributed by atoms with Crippen molar-refractivity contribution < 1.29 is 54.4 Å². The van der Waals surface area contributed by atoms with Crippen LogP contribution in [0.4, 0.5) is 0 Å². The maximum Gasteiger partial charge on any atom is 0.397 e. The van der Waals surface area contributed by atoms with Crippen molar-refractivity contribution in [1.82, 2.24) is 0 Å². The predicted octanol–water partition coefficient (Wildman–Crippen LogP) is -3.72. The van der Waals surface area contributed by atoms with E-state index in [4.69, 9.17) is 14.2 Å². The van der Waals surface area contributed by atoms with E-state index in [0.717, 1.165) is 0 Å². The third-order valence-corrected chi connectivity index (χ3v) is 2.73. The molecule has 0 aromatic heterocycles. The zero-order valence-electron chi connectivity index (χ0n) is 9.50. The van der Waals surface area contributed by atoms with Crippen LogP contribution in [0.5, 0.6) is 0 Å². The third-order valence-electron chi connectivity index (χ3n) is 1.83. The van der Waals surface area contributed by atoms with Gasteiger partial charge in [0.15, 0.2) is 6.29 Å². The molecule has 0 amide bonds. The van der Waals surface area contributed by atoms with Crippen molar-refractivity contribution in [3.63, 3.8) is 0 Å². The van der Waals surface area contributed by atoms with Crippen molar-refractivity contribution >= 4 is 27.1 Å². The number of rotatable bonds is 9. The number of carbonyl (C=O) groups is 1. The predicted molar refractivity (Wildman–Crippen MR) is 58.0 cm³/mol. The van der Waals surface area contributed by atoms with Crippen LogP contribution in [0, 0.1) is 0 Å². The Balaban J connectivity index is 4.94. The molecule has 0 spiro atoms. The van der Waals surface area contributed by atoms with Crippen molar-refractivity contribution in [2.24, 2.45) is 0 Å². The molecule has 0 aliphatic carbocycles. The Morgan fingerprint density at radius 2 is 1.50 bits per heavy atom. The molecule has 0 aliphatic rings. The van der Waals surface area contributed by atoms with Gasteiger partial charge in [-0.15, -0.1) is 0 Å². The second-order valence-electron chi connectivity index (χ2n) is 3.39. The molecule has 14 heteroatoms. The van der Waals surface area contributed by atoms with E-state index >= 15 is 0 Å². The molecular weight excluding hydrogens is 328 g/mol. The number of aldehydes is 1. The molecule has 20 heavy (non-hydrogen) atoms. The molecule has 120 valence electrons. The van der Waals surface area contributed by atoms with E-state index in [1.54, 1.807) is 0 Å². The number of hydrogen-bond acceptors (Lipinski definition) is 10. The fourth-order valence-corrected chi connectivity index (χ4v) is 1.83. The molecule has 0 saturated carbocycles. The molecule has 0 unspecified atom stereocenters. The van der Waals surface area contributed by atoms with E-state index in [1.165, 1.54) is 0 Å². The van der Waals surface area contributed by atoms with Gasteiger partial charge in [-0.2, -0.15) is 16.8 Å². The van der Waals surface area contributed by atoms with Gasteiger partial charge in [-0.3, -0.25) is 9.11 Å². The maximum atomic E-state index is 10.5. The van der Waals surface area contributed by atoms with E-state index in [0.29, 0.717) is 0 Å². The van der Waals surface area contributed by atoms with Crippen molar-refractivity contribution in [3.8, 4) is 0 Å². The molecule has 0 saturated heterocycles. The first-order valence-corrected chi connectivity index (χ1v) is 7.37. The lowest BCUT2D eigenvalue weighted by atomic mass is 10.0. The summed E-state index contributed by atoms with van der Waals surface area (Å²) in [4.78, 5) is 10.3. The first-order chi connectivity index (χ1) is 8.87. The molecule has 0 fully saturated rings. The summed E-state index contributed by atoms with van der Waals surface area (Å²) in [6.45, 7) is -1.24. The van der Waals surface area contributed by atoms with E-state index in [-0.39, 0.29) is 6.29 Å². The zero-order valence-corrected chi connectivity index (χ0v) is 11.1. The van der Waals surface area contributed by atoms with Crippen LogP contribution in [-0.2, 0) is 34.0 Å². The number of hydrogen-bond donors (Lipinski definition) is 5. The summed E-state index contributed by atoms with van der Waals surface area (Å²) in [7, 11) is -10.1. The van der Waals surface area contributed by atoms with Crippen LogP contribution in [0.3, 0.4) is 0 Å². The summed E-state index contributed by atoms with van der Waals surface area (Å²) in [5.41, 5.74) is 0. The molecule has 0 bridgehead atoms. The molecule has 0 rings (SSSR count). The van der Waals surface area contributed by atoms with Crippen molar-refractivity contribution in [1.29, 1.82) is 0 Å². The Morgan fingerprint density at radius 3 is 1.85 bits per heavy atom. The van der Waals surface area contributed by atoms with Gasteiger partial charge in [0.25, 0.3) is 0 Å². The SMILES string of the molecule is O=C[C@H](O)[C@@H](OS(=O)(=O)O)[C@H](O)[C@H](O)COS(=O)(=O)O. The topological polar surface area (TPSA) is 205 Å². The lowest BCUT2D eigenvalue weighted by Gasteiger charge is -2.26. The van der Waals surface area contributed by atoms with Gasteiger partial charge in [0.2, 0.25) is 0 Å². The Morgan fingerprint density at radius 1 is 1.00 bits per heavy atom. The first-order valence-electron chi connectivity index (χ1n) is 4.64. The summed E-state index contributed by atoms with van der Waals surface area (Å²) in [5.74, 6) is 0. The highest BCUT2D eigenvalue weighted by Gasteiger charge is 2.37. The second-order valence-corrected chi connectivity index (χ2v) is 5.52. The Bertz CT molecular complexity index is 508. The van der Waals surface area contributed by atoms with Crippen LogP contribution in [0.2, 0.25) is 0 Å². The molecule has 4 atom stereocenters. The molecule has 0 aliphatic heterocycles. The van der Waals surface area contributed by atoms with Crippen LogP contribution in [0.1, 0.15) is 0 Å². The second kappa shape index (κ2) is 7.34. The molecule has 0 aromatic carbocycles. The number of carbonyl (C=O) groups excluding carboxylic acids is 1. The largest absolute Gasteiger partial charge is 0.397 e. The highest BCUT2D eigenvalue weighted by Crippen LogP contribution is 2.12. The average Bonchev–Trinajstić information content (AvgIpc) is 2.29. The molecule has 0 aromatic rings. The van der Waals surface area contributed by atoms with Crippen molar-refractivity contribution in [3.05, 3.63) is 0 Å². The zero-order chi connectivity index (χ0) is 16.1. The molecular formula is C6H12O12S2. The lowest BCUT2D eigenvalue weighted by molar-refractivity contribution is -0.131. The first kappa shape index (κ1) is 19.3. The summed E-state index contributed by atoms with van der Waals surface area (Å²) >= 11 is 0. The summed E-state index contributed by atoms with van der Waals surface area (Å²) in [6, 6.07) is 0. The van der Waals surface area contributed by atoms with Gasteiger partial charge in [0, 0.05) is 0 Å². The number of aliphatic hydroxyl groups excluding tert-OH is 3. The molecule has 0 radical (unpaired) electrons. The van der Waals surface area contributed by atoms with E-state index in [1.807, 2.05) is 0 Å². The van der Waals surface area contributed by atoms with Crippen LogP contribution in [0.15, 0.2) is 0 Å². The third kappa shape index (κ3) is 7.78. The van der Waals surface area contributed by atoms with Crippen molar-refractivity contribution in [2.45, 2.75) is 24.4 Å². The van der Waals surface area contributed by atoms with Gasteiger partial charge in [0.1, 0.15) is 24.4 Å². The van der Waals surface area contributed by atoms with Gasteiger partial charge in [0.05, 0.1) is 6.61 Å². The molecule has 5 N–H and O–H groups in total. The highest BCUT2D eigenvalue weighted by molar-refractivity contribution is 7.81. The smallest absolute Gasteiger partial charge is 0.388 e. The van der Waals surface area contributed by atoms with Gasteiger partial charge >= 0.3 is 20.8 Å².